The van der Waals surface area contributed by atoms with Crippen molar-refractivity contribution in [1.82, 2.24) is 15.0 Å². The van der Waals surface area contributed by atoms with Gasteiger partial charge in [0, 0.05) is 32.6 Å². The number of hydrogen-bond acceptors (Lipinski definition) is 10. The Balaban J connectivity index is 1.34. The molecular weight excluding hydrogens is 599 g/mol. The summed E-state index contributed by atoms with van der Waals surface area (Å²) in [4.78, 5) is 23.6. The first-order valence-corrected chi connectivity index (χ1v) is 12.3. The average molecular weight is 618 g/mol. The zero-order valence-corrected chi connectivity index (χ0v) is 21.7. The first-order valence-electron chi connectivity index (χ1n) is 11.3. The van der Waals surface area contributed by atoms with Gasteiger partial charge in [-0.25, -0.2) is 5.43 Å². The molecule has 0 aliphatic heterocycles. The van der Waals surface area contributed by atoms with E-state index < -0.39 is 4.92 Å². The molecule has 0 amide bonds. The highest BCUT2D eigenvalue weighted by Gasteiger charge is 2.10. The van der Waals surface area contributed by atoms with Crippen molar-refractivity contribution in [2.24, 2.45) is 5.10 Å². The number of non-ortho nitro benzene ring substituents is 1. The normalized spacial score (nSPS) is 10.9. The van der Waals surface area contributed by atoms with Gasteiger partial charge in [-0.05, 0) is 71.1 Å². The molecular formula is C26H19IN8O3. The summed E-state index contributed by atoms with van der Waals surface area (Å²) in [5, 5.41) is 21.3. The predicted molar refractivity (Wildman–Crippen MR) is 154 cm³/mol. The van der Waals surface area contributed by atoms with E-state index in [0.29, 0.717) is 11.4 Å². The number of aromatic nitrogens is 3. The zero-order valence-electron chi connectivity index (χ0n) is 19.6. The maximum absolute atomic E-state index is 10.9. The van der Waals surface area contributed by atoms with Gasteiger partial charge in [0.2, 0.25) is 17.8 Å². The maximum Gasteiger partial charge on any atom is 0.269 e. The van der Waals surface area contributed by atoms with Gasteiger partial charge in [0.25, 0.3) is 5.69 Å². The molecule has 5 rings (SSSR count). The van der Waals surface area contributed by atoms with E-state index in [0.717, 1.165) is 20.6 Å². The van der Waals surface area contributed by atoms with Crippen molar-refractivity contribution in [3.05, 3.63) is 110 Å². The van der Waals surface area contributed by atoms with Crippen LogP contribution in [0.15, 0.2) is 101 Å². The number of nitrogens with zero attached hydrogens (tertiary/aromatic N) is 5. The summed E-state index contributed by atoms with van der Waals surface area (Å²) in [5.74, 6) is 1.93. The number of hydrogen-bond donors (Lipinski definition) is 3. The fourth-order valence-electron chi connectivity index (χ4n) is 3.33. The lowest BCUT2D eigenvalue weighted by Crippen LogP contribution is -2.07. The molecule has 0 fully saturated rings. The lowest BCUT2D eigenvalue weighted by atomic mass is 10.2. The molecule has 5 aromatic rings. The monoisotopic (exact) mass is 618 g/mol. The third-order valence-corrected chi connectivity index (χ3v) is 5.83. The Kier molecular flexibility index (Phi) is 7.49. The summed E-state index contributed by atoms with van der Waals surface area (Å²) in [6.07, 6.45) is 1.52. The lowest BCUT2D eigenvalue weighted by Gasteiger charge is -2.10. The van der Waals surface area contributed by atoms with Crippen molar-refractivity contribution in [2.75, 3.05) is 16.1 Å². The van der Waals surface area contributed by atoms with E-state index in [4.69, 9.17) is 4.42 Å². The van der Waals surface area contributed by atoms with Crippen molar-refractivity contribution in [2.45, 2.75) is 0 Å². The van der Waals surface area contributed by atoms with Crippen LogP contribution >= 0.6 is 22.6 Å². The van der Waals surface area contributed by atoms with Crippen LogP contribution in [-0.4, -0.2) is 26.1 Å². The van der Waals surface area contributed by atoms with Crippen LogP contribution in [0, 0.1) is 13.7 Å². The number of rotatable bonds is 9. The van der Waals surface area contributed by atoms with E-state index >= 15 is 0 Å². The Morgan fingerprint density at radius 3 is 2.08 bits per heavy atom. The van der Waals surface area contributed by atoms with E-state index in [-0.39, 0.29) is 23.5 Å². The van der Waals surface area contributed by atoms with Crippen LogP contribution in [0.25, 0.3) is 11.3 Å². The molecule has 2 heterocycles. The number of para-hydroxylation sites is 1. The SMILES string of the molecule is O=[N+]([O-])c1ccc(Nc2nc(N/N=C\c3ccc(-c4ccc(I)cc4)o3)nc(Nc3ccccc3)n2)cc1. The van der Waals surface area contributed by atoms with Crippen molar-refractivity contribution in [3.8, 4) is 11.3 Å². The van der Waals surface area contributed by atoms with Crippen molar-refractivity contribution < 1.29 is 9.34 Å². The molecule has 0 spiro atoms. The van der Waals surface area contributed by atoms with Gasteiger partial charge in [-0.1, -0.05) is 30.3 Å². The van der Waals surface area contributed by atoms with Gasteiger partial charge < -0.3 is 15.1 Å². The van der Waals surface area contributed by atoms with Crippen LogP contribution in [0.3, 0.4) is 0 Å². The minimum atomic E-state index is -0.461. The third kappa shape index (κ3) is 6.47. The fourth-order valence-corrected chi connectivity index (χ4v) is 3.69. The number of halogens is 1. The van der Waals surface area contributed by atoms with Crippen LogP contribution in [-0.2, 0) is 0 Å². The minimum absolute atomic E-state index is 0.0163. The molecule has 3 N–H and O–H groups in total. The van der Waals surface area contributed by atoms with Gasteiger partial charge >= 0.3 is 0 Å². The summed E-state index contributed by atoms with van der Waals surface area (Å²) in [5.41, 5.74) is 5.11. The standard InChI is InChI=1S/C26H19IN8O3/c27-18-8-6-17(7-9-18)23-15-14-22(38-23)16-28-34-26-32-24(29-19-4-2-1-3-5-19)31-25(33-26)30-20-10-12-21(13-11-20)35(36)37/h1-16H,(H3,29,30,31,32,33,34)/b28-16-. The molecule has 0 saturated heterocycles. The highest BCUT2D eigenvalue weighted by atomic mass is 127. The second-order valence-electron chi connectivity index (χ2n) is 7.81. The smallest absolute Gasteiger partial charge is 0.269 e. The van der Waals surface area contributed by atoms with Crippen molar-refractivity contribution >= 4 is 63.7 Å². The molecule has 0 atom stereocenters. The van der Waals surface area contributed by atoms with E-state index in [1.165, 1.54) is 18.3 Å². The molecule has 0 saturated carbocycles. The van der Waals surface area contributed by atoms with Gasteiger partial charge in [0.15, 0.2) is 0 Å². The van der Waals surface area contributed by atoms with Gasteiger partial charge in [-0.2, -0.15) is 20.1 Å². The average Bonchev–Trinajstić information content (AvgIpc) is 3.39. The number of benzene rings is 3. The van der Waals surface area contributed by atoms with Crippen LogP contribution < -0.4 is 16.1 Å². The van der Waals surface area contributed by atoms with Gasteiger partial charge in [0.1, 0.15) is 11.5 Å². The highest BCUT2D eigenvalue weighted by Crippen LogP contribution is 2.23. The number of furan rings is 1. The van der Waals surface area contributed by atoms with Crippen molar-refractivity contribution in [1.29, 1.82) is 0 Å². The zero-order chi connectivity index (χ0) is 26.3. The molecule has 0 unspecified atom stereocenters. The Morgan fingerprint density at radius 2 is 1.42 bits per heavy atom. The minimum Gasteiger partial charge on any atom is -0.455 e. The van der Waals surface area contributed by atoms with Crippen LogP contribution in [0.5, 0.6) is 0 Å². The van der Waals surface area contributed by atoms with E-state index in [9.17, 15) is 10.1 Å². The molecule has 0 radical (unpaired) electrons. The highest BCUT2D eigenvalue weighted by molar-refractivity contribution is 14.1. The molecule has 2 aromatic heterocycles. The van der Waals surface area contributed by atoms with E-state index in [1.807, 2.05) is 66.7 Å². The Hall–Kier alpha value is -4.85. The third-order valence-electron chi connectivity index (χ3n) is 5.11. The number of nitro benzene ring substituents is 1. The topological polar surface area (TPSA) is 143 Å². The number of anilines is 5. The number of hydrazone groups is 1. The molecule has 188 valence electrons. The second-order valence-corrected chi connectivity index (χ2v) is 9.05. The first kappa shape index (κ1) is 24.8. The summed E-state index contributed by atoms with van der Waals surface area (Å²) in [6.45, 7) is 0. The van der Waals surface area contributed by atoms with Gasteiger partial charge in [-0.15, -0.1) is 0 Å². The largest absolute Gasteiger partial charge is 0.455 e. The Labute approximate surface area is 230 Å². The first-order chi connectivity index (χ1) is 18.5. The molecule has 3 aromatic carbocycles. The summed E-state index contributed by atoms with van der Waals surface area (Å²) < 4.78 is 7.01. The molecule has 12 heteroatoms. The second kappa shape index (κ2) is 11.5. The van der Waals surface area contributed by atoms with E-state index in [2.05, 4.69) is 58.7 Å². The number of nitrogens with one attached hydrogen (secondary N) is 3. The molecule has 0 aliphatic rings. The summed E-state index contributed by atoms with van der Waals surface area (Å²) in [7, 11) is 0. The summed E-state index contributed by atoms with van der Waals surface area (Å²) >= 11 is 2.26. The Morgan fingerprint density at radius 1 is 0.789 bits per heavy atom. The van der Waals surface area contributed by atoms with Crippen LogP contribution in [0.1, 0.15) is 5.76 Å². The van der Waals surface area contributed by atoms with Gasteiger partial charge in [0.05, 0.1) is 11.1 Å². The molecule has 0 bridgehead atoms. The molecule has 11 nitrogen and oxygen atoms in total. The van der Waals surface area contributed by atoms with Crippen molar-refractivity contribution in [3.63, 3.8) is 0 Å². The van der Waals surface area contributed by atoms with E-state index in [1.54, 1.807) is 12.1 Å². The quantitative estimate of drug-likeness (QED) is 0.0723. The fraction of sp³-hybridized carbons (Fsp3) is 0. The van der Waals surface area contributed by atoms with Crippen LogP contribution in [0.4, 0.5) is 34.9 Å². The molecule has 38 heavy (non-hydrogen) atoms. The van der Waals surface area contributed by atoms with Gasteiger partial charge in [-0.3, -0.25) is 10.1 Å². The summed E-state index contributed by atoms with van der Waals surface area (Å²) in [6, 6.07) is 27.0. The number of nitro groups is 1. The lowest BCUT2D eigenvalue weighted by molar-refractivity contribution is -0.384. The van der Waals surface area contributed by atoms with Crippen LogP contribution in [0.2, 0.25) is 0 Å². The maximum atomic E-state index is 10.9. The predicted octanol–water partition coefficient (Wildman–Crippen LogP) is 6.58. The Bertz CT molecular complexity index is 1570. The molecule has 0 aliphatic carbocycles.